The van der Waals surface area contributed by atoms with Crippen LogP contribution >= 0.6 is 0 Å². The molecule has 1 aromatic rings. The summed E-state index contributed by atoms with van der Waals surface area (Å²) in [4.78, 5) is 0. The average molecular weight is 269 g/mol. The van der Waals surface area contributed by atoms with Gasteiger partial charge in [0, 0.05) is 0 Å². The molecule has 0 unspecified atom stereocenters. The maximum absolute atomic E-state index is 12.6. The summed E-state index contributed by atoms with van der Waals surface area (Å²) in [6, 6.07) is 0. The fourth-order valence-electron chi connectivity index (χ4n) is 1.72. The predicted octanol–water partition coefficient (Wildman–Crippen LogP) is -1.09. The number of rotatable bonds is 2. The first-order chi connectivity index (χ1) is 8.36. The Morgan fingerprint density at radius 3 is 2.50 bits per heavy atom. The van der Waals surface area contributed by atoms with E-state index in [4.69, 9.17) is 9.84 Å². The van der Waals surface area contributed by atoms with Crippen LogP contribution < -0.4 is 0 Å². The number of nitrogens with zero attached hydrogens (tertiary/aromatic N) is 3. The zero-order valence-electron chi connectivity index (χ0n) is 8.82. The molecule has 0 saturated carbocycles. The molecule has 0 aromatic carbocycles. The second-order valence-corrected chi connectivity index (χ2v) is 3.79. The molecule has 2 heterocycles. The summed E-state index contributed by atoms with van der Waals surface area (Å²) in [5, 5.41) is 34.1. The van der Waals surface area contributed by atoms with Gasteiger partial charge in [-0.3, -0.25) is 0 Å². The van der Waals surface area contributed by atoms with E-state index in [0.29, 0.717) is 10.9 Å². The van der Waals surface area contributed by atoms with Crippen LogP contribution in [0.1, 0.15) is 11.9 Å². The van der Waals surface area contributed by atoms with Crippen molar-refractivity contribution in [1.29, 1.82) is 0 Å². The molecule has 2 rings (SSSR count). The second kappa shape index (κ2) is 4.46. The number of hydrogen-bond donors (Lipinski definition) is 3. The summed E-state index contributed by atoms with van der Waals surface area (Å²) >= 11 is 0. The van der Waals surface area contributed by atoms with Crippen LogP contribution in [0.15, 0.2) is 6.20 Å². The van der Waals surface area contributed by atoms with Gasteiger partial charge in [0.25, 0.3) is 0 Å². The maximum atomic E-state index is 12.6. The number of ether oxygens (including phenoxy) is 1. The van der Waals surface area contributed by atoms with Gasteiger partial charge in [-0.1, -0.05) is 5.21 Å². The fraction of sp³-hybridized carbons (Fsp3) is 0.750. The molecule has 1 aromatic heterocycles. The molecule has 18 heavy (non-hydrogen) atoms. The molecular formula is C8H10F3N3O4. The Morgan fingerprint density at radius 2 is 2.00 bits per heavy atom. The minimum absolute atomic E-state index is 0.337. The summed E-state index contributed by atoms with van der Waals surface area (Å²) in [6.45, 7) is -0.634. The highest BCUT2D eigenvalue weighted by Crippen LogP contribution is 2.34. The number of hydrogen-bond acceptors (Lipinski definition) is 6. The molecule has 0 aliphatic carbocycles. The predicted molar refractivity (Wildman–Crippen MR) is 48.0 cm³/mol. The van der Waals surface area contributed by atoms with Crippen molar-refractivity contribution in [3.05, 3.63) is 11.9 Å². The molecule has 1 aliphatic rings. The maximum Gasteiger partial charge on any atom is 0.434 e. The largest absolute Gasteiger partial charge is 0.434 e. The van der Waals surface area contributed by atoms with Crippen LogP contribution in [-0.2, 0) is 10.9 Å². The molecular weight excluding hydrogens is 259 g/mol. The van der Waals surface area contributed by atoms with Gasteiger partial charge in [-0.05, 0) is 0 Å². The number of aliphatic hydroxyl groups excluding tert-OH is 3. The molecule has 3 N–H and O–H groups in total. The van der Waals surface area contributed by atoms with Gasteiger partial charge < -0.3 is 20.1 Å². The highest BCUT2D eigenvalue weighted by atomic mass is 19.4. The summed E-state index contributed by atoms with van der Waals surface area (Å²) in [5.41, 5.74) is -1.21. The third kappa shape index (κ3) is 2.07. The van der Waals surface area contributed by atoms with Crippen LogP contribution in [0.25, 0.3) is 0 Å². The standard InChI is InChI=1S/C8H10F3N3O4/c9-8(10,11)4-1-12-13-14(4)7-6(17)5(16)3(2-15)18-7/h1,3,5-7,15-17H,2H2/t3-,5-,6-,7-/m1/s1. The summed E-state index contributed by atoms with van der Waals surface area (Å²) in [7, 11) is 0. The molecule has 7 nitrogen and oxygen atoms in total. The smallest absolute Gasteiger partial charge is 0.394 e. The van der Waals surface area contributed by atoms with Gasteiger partial charge in [-0.2, -0.15) is 13.2 Å². The van der Waals surface area contributed by atoms with Crippen LogP contribution in [0.4, 0.5) is 13.2 Å². The van der Waals surface area contributed by atoms with Crippen molar-refractivity contribution in [1.82, 2.24) is 15.0 Å². The first kappa shape index (κ1) is 13.2. The van der Waals surface area contributed by atoms with E-state index in [2.05, 4.69) is 10.3 Å². The van der Waals surface area contributed by atoms with Gasteiger partial charge in [0.2, 0.25) is 0 Å². The molecule has 1 fully saturated rings. The van der Waals surface area contributed by atoms with Gasteiger partial charge in [0.05, 0.1) is 12.8 Å². The Balaban J connectivity index is 2.31. The molecule has 1 aliphatic heterocycles. The van der Waals surface area contributed by atoms with E-state index < -0.39 is 43.0 Å². The van der Waals surface area contributed by atoms with Crippen LogP contribution in [0.2, 0.25) is 0 Å². The Bertz CT molecular complexity index is 424. The number of aromatic nitrogens is 3. The first-order valence-electron chi connectivity index (χ1n) is 4.96. The second-order valence-electron chi connectivity index (χ2n) is 3.79. The van der Waals surface area contributed by atoms with E-state index in [9.17, 15) is 23.4 Å². The van der Waals surface area contributed by atoms with E-state index in [-0.39, 0.29) is 0 Å². The highest BCUT2D eigenvalue weighted by molar-refractivity contribution is 5.02. The monoisotopic (exact) mass is 269 g/mol. The minimum atomic E-state index is -4.71. The molecule has 10 heteroatoms. The van der Waals surface area contributed by atoms with Gasteiger partial charge in [-0.15, -0.1) is 5.10 Å². The van der Waals surface area contributed by atoms with Crippen LogP contribution in [-0.4, -0.2) is 55.2 Å². The molecule has 1 saturated heterocycles. The van der Waals surface area contributed by atoms with E-state index in [0.717, 1.165) is 0 Å². The first-order valence-corrected chi connectivity index (χ1v) is 4.96. The van der Waals surface area contributed by atoms with Crippen molar-refractivity contribution in [3.8, 4) is 0 Å². The van der Waals surface area contributed by atoms with E-state index >= 15 is 0 Å². The van der Waals surface area contributed by atoms with Crippen molar-refractivity contribution in [3.63, 3.8) is 0 Å². The van der Waals surface area contributed by atoms with Crippen molar-refractivity contribution < 1.29 is 33.2 Å². The number of aliphatic hydroxyl groups is 3. The SMILES string of the molecule is OC[C@H]1O[C@@H](n2nncc2C(F)(F)F)[C@H](O)[C@@H]1O. The summed E-state index contributed by atoms with van der Waals surface area (Å²) in [5.74, 6) is 0. The molecule has 0 bridgehead atoms. The lowest BCUT2D eigenvalue weighted by atomic mass is 10.1. The number of halogens is 3. The van der Waals surface area contributed by atoms with E-state index in [1.807, 2.05) is 0 Å². The Morgan fingerprint density at radius 1 is 1.33 bits per heavy atom. The third-order valence-corrected chi connectivity index (χ3v) is 2.62. The van der Waals surface area contributed by atoms with Crippen molar-refractivity contribution in [2.24, 2.45) is 0 Å². The highest BCUT2D eigenvalue weighted by Gasteiger charge is 2.47. The van der Waals surface area contributed by atoms with Crippen molar-refractivity contribution in [2.75, 3.05) is 6.61 Å². The van der Waals surface area contributed by atoms with Gasteiger partial charge in [0.15, 0.2) is 11.9 Å². The number of alkyl halides is 3. The van der Waals surface area contributed by atoms with Gasteiger partial charge in [-0.25, -0.2) is 4.68 Å². The Kier molecular flexibility index (Phi) is 3.27. The normalized spacial score (nSPS) is 33.0. The molecule has 0 spiro atoms. The zero-order valence-corrected chi connectivity index (χ0v) is 8.82. The van der Waals surface area contributed by atoms with Gasteiger partial charge >= 0.3 is 6.18 Å². The summed E-state index contributed by atoms with van der Waals surface area (Å²) < 4.78 is 43.0. The fourth-order valence-corrected chi connectivity index (χ4v) is 1.72. The lowest BCUT2D eigenvalue weighted by Gasteiger charge is -2.17. The quantitative estimate of drug-likeness (QED) is 0.630. The summed E-state index contributed by atoms with van der Waals surface area (Å²) in [6.07, 6.45) is -10.1. The molecule has 0 amide bonds. The topological polar surface area (TPSA) is 101 Å². The molecule has 102 valence electrons. The average Bonchev–Trinajstić information content (AvgIpc) is 2.85. The van der Waals surface area contributed by atoms with Crippen LogP contribution in [0.5, 0.6) is 0 Å². The Labute approximate surface area is 98.4 Å². The van der Waals surface area contributed by atoms with Gasteiger partial charge in [0.1, 0.15) is 18.3 Å². The zero-order chi connectivity index (χ0) is 13.5. The lowest BCUT2D eigenvalue weighted by molar-refractivity contribution is -0.152. The van der Waals surface area contributed by atoms with E-state index in [1.54, 1.807) is 0 Å². The Hall–Kier alpha value is -1.23. The van der Waals surface area contributed by atoms with Crippen LogP contribution in [0, 0.1) is 0 Å². The minimum Gasteiger partial charge on any atom is -0.394 e. The molecule has 4 atom stereocenters. The van der Waals surface area contributed by atoms with E-state index in [1.165, 1.54) is 0 Å². The van der Waals surface area contributed by atoms with Crippen molar-refractivity contribution in [2.45, 2.75) is 30.7 Å². The van der Waals surface area contributed by atoms with Crippen molar-refractivity contribution >= 4 is 0 Å². The van der Waals surface area contributed by atoms with Crippen LogP contribution in [0.3, 0.4) is 0 Å². The molecule has 0 radical (unpaired) electrons. The third-order valence-electron chi connectivity index (χ3n) is 2.62. The lowest BCUT2D eigenvalue weighted by Crippen LogP contribution is -2.34.